The summed E-state index contributed by atoms with van der Waals surface area (Å²) in [5.74, 6) is -0.470. The summed E-state index contributed by atoms with van der Waals surface area (Å²) < 4.78 is 5.61. The van der Waals surface area contributed by atoms with Crippen LogP contribution in [0.25, 0.3) is 5.57 Å². The standard InChI is InChI=1S/C25H30N2O3/c1-3-5-18-30-19-12-17-27-24(28)22(20-13-8-6-9-14-20)23(25(27)29)26(4-2)21-15-10-7-11-16-21/h6-11,13-16H,3-5,12,17-19H2,1-2H3. The van der Waals surface area contributed by atoms with Gasteiger partial charge in [0.25, 0.3) is 11.8 Å². The number of ether oxygens (including phenoxy) is 1. The third-order valence-electron chi connectivity index (χ3n) is 5.17. The average Bonchev–Trinajstić information content (AvgIpc) is 3.02. The Morgan fingerprint density at radius 3 is 2.10 bits per heavy atom. The van der Waals surface area contributed by atoms with Gasteiger partial charge in [-0.05, 0) is 37.5 Å². The zero-order valence-corrected chi connectivity index (χ0v) is 17.8. The van der Waals surface area contributed by atoms with Crippen molar-refractivity contribution in [2.45, 2.75) is 33.1 Å². The first-order chi connectivity index (χ1) is 14.7. The van der Waals surface area contributed by atoms with Crippen LogP contribution < -0.4 is 4.90 Å². The van der Waals surface area contributed by atoms with Gasteiger partial charge in [-0.1, -0.05) is 61.9 Å². The van der Waals surface area contributed by atoms with Crippen LogP contribution in [0.3, 0.4) is 0 Å². The number of amides is 2. The third-order valence-corrected chi connectivity index (χ3v) is 5.17. The van der Waals surface area contributed by atoms with Gasteiger partial charge in [-0.3, -0.25) is 14.5 Å². The Labute approximate surface area is 178 Å². The topological polar surface area (TPSA) is 49.9 Å². The molecule has 2 amide bonds. The van der Waals surface area contributed by atoms with E-state index < -0.39 is 0 Å². The van der Waals surface area contributed by atoms with E-state index in [0.29, 0.717) is 37.4 Å². The first kappa shape index (κ1) is 21.8. The summed E-state index contributed by atoms with van der Waals surface area (Å²) in [5, 5.41) is 0. The monoisotopic (exact) mass is 406 g/mol. The van der Waals surface area contributed by atoms with Gasteiger partial charge in [0.1, 0.15) is 5.70 Å². The van der Waals surface area contributed by atoms with Gasteiger partial charge < -0.3 is 9.64 Å². The molecule has 0 saturated heterocycles. The predicted molar refractivity (Wildman–Crippen MR) is 120 cm³/mol. The van der Waals surface area contributed by atoms with Gasteiger partial charge in [-0.25, -0.2) is 0 Å². The number of hydrogen-bond acceptors (Lipinski definition) is 4. The molecule has 30 heavy (non-hydrogen) atoms. The molecule has 0 radical (unpaired) electrons. The van der Waals surface area contributed by atoms with Crippen molar-refractivity contribution < 1.29 is 14.3 Å². The van der Waals surface area contributed by atoms with Crippen LogP contribution >= 0.6 is 0 Å². The van der Waals surface area contributed by atoms with Crippen molar-refractivity contribution in [2.75, 3.05) is 31.2 Å². The molecule has 0 fully saturated rings. The van der Waals surface area contributed by atoms with Crippen molar-refractivity contribution in [3.8, 4) is 0 Å². The molecular weight excluding hydrogens is 376 g/mol. The summed E-state index contributed by atoms with van der Waals surface area (Å²) >= 11 is 0. The summed E-state index contributed by atoms with van der Waals surface area (Å²) in [6.45, 7) is 6.32. The van der Waals surface area contributed by atoms with Crippen LogP contribution in [0.4, 0.5) is 5.69 Å². The van der Waals surface area contributed by atoms with Crippen LogP contribution in [0.2, 0.25) is 0 Å². The molecule has 0 atom stereocenters. The zero-order chi connectivity index (χ0) is 21.3. The lowest BCUT2D eigenvalue weighted by molar-refractivity contribution is -0.137. The normalized spacial score (nSPS) is 14.0. The van der Waals surface area contributed by atoms with Crippen LogP contribution in [0.1, 0.15) is 38.7 Å². The Hall–Kier alpha value is -2.92. The Morgan fingerprint density at radius 2 is 1.47 bits per heavy atom. The molecule has 0 unspecified atom stereocenters. The Morgan fingerprint density at radius 1 is 0.833 bits per heavy atom. The molecular formula is C25H30N2O3. The van der Waals surface area contributed by atoms with E-state index in [0.717, 1.165) is 30.7 Å². The highest BCUT2D eigenvalue weighted by atomic mass is 16.5. The van der Waals surface area contributed by atoms with Gasteiger partial charge in [0.15, 0.2) is 0 Å². The highest BCUT2D eigenvalue weighted by Gasteiger charge is 2.41. The Bertz CT molecular complexity index is 878. The van der Waals surface area contributed by atoms with Gasteiger partial charge in [0.05, 0.1) is 5.57 Å². The molecule has 3 rings (SSSR count). The van der Waals surface area contributed by atoms with Crippen molar-refractivity contribution in [3.63, 3.8) is 0 Å². The summed E-state index contributed by atoms with van der Waals surface area (Å²) in [4.78, 5) is 30.0. The molecule has 0 aliphatic carbocycles. The van der Waals surface area contributed by atoms with E-state index in [4.69, 9.17) is 4.74 Å². The summed E-state index contributed by atoms with van der Waals surface area (Å²) in [7, 11) is 0. The molecule has 5 heteroatoms. The lowest BCUT2D eigenvalue weighted by Crippen LogP contribution is -2.36. The van der Waals surface area contributed by atoms with E-state index >= 15 is 0 Å². The van der Waals surface area contributed by atoms with E-state index in [9.17, 15) is 9.59 Å². The number of carbonyl (C=O) groups is 2. The zero-order valence-electron chi connectivity index (χ0n) is 17.8. The minimum atomic E-state index is -0.238. The van der Waals surface area contributed by atoms with Crippen LogP contribution in [0.5, 0.6) is 0 Å². The fourth-order valence-electron chi connectivity index (χ4n) is 3.63. The molecule has 0 saturated carbocycles. The summed E-state index contributed by atoms with van der Waals surface area (Å²) in [6, 6.07) is 19.2. The lowest BCUT2D eigenvalue weighted by atomic mass is 10.0. The van der Waals surface area contributed by atoms with E-state index in [1.54, 1.807) is 0 Å². The third kappa shape index (κ3) is 4.79. The van der Waals surface area contributed by atoms with Crippen molar-refractivity contribution in [1.82, 2.24) is 4.90 Å². The van der Waals surface area contributed by atoms with E-state index in [1.807, 2.05) is 72.5 Å². The fourth-order valence-corrected chi connectivity index (χ4v) is 3.63. The maximum Gasteiger partial charge on any atom is 0.278 e. The SMILES string of the molecule is CCCCOCCCN1C(=O)C(c2ccccc2)=C(N(CC)c2ccccc2)C1=O. The molecule has 158 valence electrons. The maximum absolute atomic E-state index is 13.4. The van der Waals surface area contributed by atoms with Crippen LogP contribution in [-0.2, 0) is 14.3 Å². The molecule has 1 aliphatic rings. The molecule has 2 aromatic carbocycles. The lowest BCUT2D eigenvalue weighted by Gasteiger charge is -2.25. The average molecular weight is 407 g/mol. The van der Waals surface area contributed by atoms with Crippen LogP contribution in [-0.4, -0.2) is 43.0 Å². The molecule has 0 N–H and O–H groups in total. The van der Waals surface area contributed by atoms with Crippen molar-refractivity contribution in [1.29, 1.82) is 0 Å². The number of unbranched alkanes of at least 4 members (excludes halogenated alkanes) is 1. The summed E-state index contributed by atoms with van der Waals surface area (Å²) in [6.07, 6.45) is 2.74. The molecule has 2 aromatic rings. The van der Waals surface area contributed by atoms with E-state index in [1.165, 1.54) is 4.90 Å². The fraction of sp³-hybridized carbons (Fsp3) is 0.360. The maximum atomic E-state index is 13.4. The molecule has 0 spiro atoms. The molecule has 0 aromatic heterocycles. The predicted octanol–water partition coefficient (Wildman–Crippen LogP) is 4.50. The smallest absolute Gasteiger partial charge is 0.278 e. The largest absolute Gasteiger partial charge is 0.381 e. The molecule has 1 aliphatic heterocycles. The highest BCUT2D eigenvalue weighted by molar-refractivity contribution is 6.36. The Balaban J connectivity index is 1.88. The molecule has 5 nitrogen and oxygen atoms in total. The minimum absolute atomic E-state index is 0.232. The number of para-hydroxylation sites is 1. The molecule has 1 heterocycles. The van der Waals surface area contributed by atoms with Gasteiger partial charge in [0.2, 0.25) is 0 Å². The van der Waals surface area contributed by atoms with Crippen molar-refractivity contribution in [2.24, 2.45) is 0 Å². The number of imide groups is 1. The minimum Gasteiger partial charge on any atom is -0.381 e. The van der Waals surface area contributed by atoms with Gasteiger partial charge in [0, 0.05) is 32.0 Å². The van der Waals surface area contributed by atoms with Crippen LogP contribution in [0.15, 0.2) is 66.4 Å². The summed E-state index contributed by atoms with van der Waals surface area (Å²) in [5.41, 5.74) is 2.58. The number of carbonyl (C=O) groups excluding carboxylic acids is 2. The number of anilines is 1. The second-order valence-corrected chi connectivity index (χ2v) is 7.25. The number of nitrogens with zero attached hydrogens (tertiary/aromatic N) is 2. The highest BCUT2D eigenvalue weighted by Crippen LogP contribution is 2.34. The number of rotatable bonds is 11. The van der Waals surface area contributed by atoms with Gasteiger partial charge in [-0.15, -0.1) is 0 Å². The number of benzene rings is 2. The number of hydrogen-bond donors (Lipinski definition) is 0. The first-order valence-electron chi connectivity index (χ1n) is 10.7. The second kappa shape index (κ2) is 10.7. The quantitative estimate of drug-likeness (QED) is 0.407. The second-order valence-electron chi connectivity index (χ2n) is 7.25. The van der Waals surface area contributed by atoms with Crippen molar-refractivity contribution in [3.05, 3.63) is 71.9 Å². The van der Waals surface area contributed by atoms with E-state index in [-0.39, 0.29) is 11.8 Å². The van der Waals surface area contributed by atoms with Crippen LogP contribution in [0, 0.1) is 0 Å². The van der Waals surface area contributed by atoms with Gasteiger partial charge >= 0.3 is 0 Å². The first-order valence-corrected chi connectivity index (χ1v) is 10.7. The van der Waals surface area contributed by atoms with Gasteiger partial charge in [-0.2, -0.15) is 0 Å². The molecule has 0 bridgehead atoms. The van der Waals surface area contributed by atoms with Crippen molar-refractivity contribution >= 4 is 23.1 Å². The Kier molecular flexibility index (Phi) is 7.80. The number of likely N-dealkylation sites (N-methyl/N-ethyl adjacent to an activating group) is 1. The van der Waals surface area contributed by atoms with E-state index in [2.05, 4.69) is 6.92 Å².